The number of aromatic carboxylic acids is 1. The average molecular weight is 575 g/mol. The van der Waals surface area contributed by atoms with Crippen LogP contribution in [-0.2, 0) is 23.6 Å². The van der Waals surface area contributed by atoms with Crippen LogP contribution in [-0.4, -0.2) is 56.3 Å². The number of carboxylic acids is 1. The minimum absolute atomic E-state index is 0.140. The highest BCUT2D eigenvalue weighted by Crippen LogP contribution is 2.49. The van der Waals surface area contributed by atoms with Gasteiger partial charge in [0.25, 0.3) is 5.79 Å². The summed E-state index contributed by atoms with van der Waals surface area (Å²) in [6, 6.07) is 14.9. The molecule has 0 amide bonds. The Labute approximate surface area is 242 Å². The molecule has 0 saturated carbocycles. The molecule has 41 heavy (non-hydrogen) atoms. The summed E-state index contributed by atoms with van der Waals surface area (Å²) in [6.45, 7) is 5.86. The predicted molar refractivity (Wildman–Crippen MR) is 153 cm³/mol. The quantitative estimate of drug-likeness (QED) is 0.305. The van der Waals surface area contributed by atoms with Gasteiger partial charge in [-0.25, -0.2) is 9.78 Å². The van der Waals surface area contributed by atoms with Gasteiger partial charge in [-0.15, -0.1) is 0 Å². The Balaban J connectivity index is 1.07. The van der Waals surface area contributed by atoms with Crippen molar-refractivity contribution in [3.63, 3.8) is 0 Å². The Kier molecular flexibility index (Phi) is 6.60. The van der Waals surface area contributed by atoms with Crippen LogP contribution in [0.15, 0.2) is 54.7 Å². The van der Waals surface area contributed by atoms with E-state index < -0.39 is 11.8 Å². The Morgan fingerprint density at radius 3 is 2.66 bits per heavy atom. The van der Waals surface area contributed by atoms with E-state index in [-0.39, 0.29) is 11.7 Å². The number of halogens is 1. The van der Waals surface area contributed by atoms with Gasteiger partial charge in [0.2, 0.25) is 0 Å². The number of carbonyl (C=O) groups is 1. The van der Waals surface area contributed by atoms with E-state index in [2.05, 4.69) is 20.5 Å². The molecule has 7 rings (SSSR count). The molecular formula is C31H31ClN4O5. The average Bonchev–Trinajstić information content (AvgIpc) is 3.47. The zero-order valence-corrected chi connectivity index (χ0v) is 23.5. The molecule has 2 aromatic heterocycles. The molecular weight excluding hydrogens is 544 g/mol. The summed E-state index contributed by atoms with van der Waals surface area (Å²) in [6.07, 6.45) is 4.70. The van der Waals surface area contributed by atoms with Crippen molar-refractivity contribution in [1.29, 1.82) is 0 Å². The molecule has 3 aliphatic rings. The van der Waals surface area contributed by atoms with E-state index in [0.29, 0.717) is 29.7 Å². The Morgan fingerprint density at radius 2 is 1.95 bits per heavy atom. The number of nitrogens with zero attached hydrogens (tertiary/aromatic N) is 4. The van der Waals surface area contributed by atoms with Crippen LogP contribution >= 0.6 is 11.6 Å². The van der Waals surface area contributed by atoms with Crippen LogP contribution in [0.25, 0.3) is 11.0 Å². The maximum absolute atomic E-state index is 11.6. The molecule has 2 aromatic carbocycles. The molecule has 0 aliphatic carbocycles. The molecule has 4 aromatic rings. The number of aromatic nitrogens is 3. The highest BCUT2D eigenvalue weighted by molar-refractivity contribution is 6.30. The largest absolute Gasteiger partial charge is 0.478 e. The monoisotopic (exact) mass is 574 g/mol. The van der Waals surface area contributed by atoms with Crippen LogP contribution in [0.3, 0.4) is 0 Å². The highest BCUT2D eigenvalue weighted by Gasteiger charge is 2.42. The number of para-hydroxylation sites is 1. The zero-order chi connectivity index (χ0) is 28.1. The third-order valence-corrected chi connectivity index (χ3v) is 8.67. The lowest BCUT2D eigenvalue weighted by molar-refractivity contribution is -0.0722. The van der Waals surface area contributed by atoms with Crippen LogP contribution in [0.2, 0.25) is 5.02 Å². The SMILES string of the molecule is C[C@]1(c2ccc(Cl)cn2)Oc2cccc(C3CCN(Cc4nc5ccc(C(=O)O)cc5n4CC4CCO4)CC3)c2O1. The summed E-state index contributed by atoms with van der Waals surface area (Å²) in [7, 11) is 0. The molecule has 0 bridgehead atoms. The van der Waals surface area contributed by atoms with Gasteiger partial charge in [0.1, 0.15) is 11.5 Å². The van der Waals surface area contributed by atoms with Crippen molar-refractivity contribution in [3.8, 4) is 11.5 Å². The summed E-state index contributed by atoms with van der Waals surface area (Å²) in [4.78, 5) is 23.4. The van der Waals surface area contributed by atoms with Crippen molar-refractivity contribution in [3.05, 3.63) is 82.4 Å². The molecule has 1 unspecified atom stereocenters. The van der Waals surface area contributed by atoms with Gasteiger partial charge in [-0.2, -0.15) is 0 Å². The van der Waals surface area contributed by atoms with Gasteiger partial charge in [0.15, 0.2) is 11.5 Å². The number of ether oxygens (including phenoxy) is 3. The van der Waals surface area contributed by atoms with Crippen LogP contribution in [0.1, 0.15) is 59.5 Å². The molecule has 2 fully saturated rings. The fourth-order valence-electron chi connectivity index (χ4n) is 6.08. The lowest BCUT2D eigenvalue weighted by atomic mass is 9.88. The van der Waals surface area contributed by atoms with Crippen LogP contribution in [0.5, 0.6) is 11.5 Å². The Morgan fingerprint density at radius 1 is 1.12 bits per heavy atom. The number of hydrogen-bond donors (Lipinski definition) is 1. The van der Waals surface area contributed by atoms with E-state index >= 15 is 0 Å². The molecule has 10 heteroatoms. The van der Waals surface area contributed by atoms with Crippen LogP contribution < -0.4 is 9.47 Å². The smallest absolute Gasteiger partial charge is 0.335 e. The Hall–Kier alpha value is -3.66. The van der Waals surface area contributed by atoms with Crippen molar-refractivity contribution in [2.24, 2.45) is 0 Å². The van der Waals surface area contributed by atoms with E-state index in [0.717, 1.165) is 72.9 Å². The summed E-state index contributed by atoms with van der Waals surface area (Å²) in [5, 5.41) is 10.1. The van der Waals surface area contributed by atoms with Crippen molar-refractivity contribution >= 4 is 28.6 Å². The number of carboxylic acid groups (broad SMARTS) is 1. The van der Waals surface area contributed by atoms with Crippen molar-refractivity contribution < 1.29 is 24.1 Å². The minimum atomic E-state index is -1.01. The first kappa shape index (κ1) is 26.3. The number of likely N-dealkylation sites (tertiary alicyclic amines) is 1. The second-order valence-electron chi connectivity index (χ2n) is 11.2. The van der Waals surface area contributed by atoms with E-state index in [4.69, 9.17) is 30.8 Å². The van der Waals surface area contributed by atoms with Gasteiger partial charge in [0.05, 0.1) is 40.8 Å². The summed E-state index contributed by atoms with van der Waals surface area (Å²) < 4.78 is 20.6. The number of hydrogen-bond acceptors (Lipinski definition) is 7. The molecule has 0 spiro atoms. The molecule has 212 valence electrons. The van der Waals surface area contributed by atoms with Crippen LogP contribution in [0.4, 0.5) is 0 Å². The Bertz CT molecular complexity index is 1610. The lowest BCUT2D eigenvalue weighted by Gasteiger charge is -2.33. The summed E-state index contributed by atoms with van der Waals surface area (Å²) in [5.41, 5.74) is 3.76. The molecule has 3 aliphatic heterocycles. The number of piperidine rings is 1. The summed E-state index contributed by atoms with van der Waals surface area (Å²) >= 11 is 6.04. The minimum Gasteiger partial charge on any atom is -0.478 e. The number of imidazole rings is 1. The van der Waals surface area contributed by atoms with Crippen molar-refractivity contribution in [1.82, 2.24) is 19.4 Å². The van der Waals surface area contributed by atoms with Gasteiger partial charge in [-0.3, -0.25) is 9.88 Å². The van der Waals surface area contributed by atoms with Crippen LogP contribution in [0, 0.1) is 0 Å². The zero-order valence-electron chi connectivity index (χ0n) is 22.8. The van der Waals surface area contributed by atoms with E-state index in [1.807, 2.05) is 25.1 Å². The van der Waals surface area contributed by atoms with E-state index in [1.165, 1.54) is 0 Å². The van der Waals surface area contributed by atoms with E-state index in [1.54, 1.807) is 30.5 Å². The van der Waals surface area contributed by atoms with Crippen molar-refractivity contribution in [2.75, 3.05) is 19.7 Å². The van der Waals surface area contributed by atoms with Gasteiger partial charge in [0, 0.05) is 25.3 Å². The fraction of sp³-hybridized carbons (Fsp3) is 0.387. The number of benzene rings is 2. The summed E-state index contributed by atoms with van der Waals surface area (Å²) in [5.74, 6) is 0.868. The second-order valence-corrected chi connectivity index (χ2v) is 11.6. The molecule has 0 radical (unpaired) electrons. The van der Waals surface area contributed by atoms with Crippen molar-refractivity contribution in [2.45, 2.75) is 57.1 Å². The molecule has 1 N–H and O–H groups in total. The fourth-order valence-corrected chi connectivity index (χ4v) is 6.19. The number of rotatable bonds is 7. The van der Waals surface area contributed by atoms with Gasteiger partial charge < -0.3 is 23.9 Å². The third-order valence-electron chi connectivity index (χ3n) is 8.45. The molecule has 5 heterocycles. The maximum Gasteiger partial charge on any atom is 0.335 e. The maximum atomic E-state index is 11.6. The standard InChI is InChI=1S/C31H31ClN4O5/c1-31(27-8-6-21(32)16-33-27)40-26-4-2-3-23(29(26)41-31)19-9-12-35(13-10-19)18-28-34-24-7-5-20(30(37)38)15-25(24)36(28)17-22-11-14-39-22/h2-8,15-16,19,22H,9-14,17-18H2,1H3,(H,37,38)/t22?,31-/m0/s1. The molecule has 9 nitrogen and oxygen atoms in total. The van der Waals surface area contributed by atoms with Gasteiger partial charge in [-0.1, -0.05) is 23.7 Å². The first-order valence-corrected chi connectivity index (χ1v) is 14.4. The predicted octanol–water partition coefficient (Wildman–Crippen LogP) is 5.60. The first-order valence-electron chi connectivity index (χ1n) is 14.1. The second kappa shape index (κ2) is 10.3. The topological polar surface area (TPSA) is 98.9 Å². The van der Waals surface area contributed by atoms with Gasteiger partial charge in [-0.05, 0) is 74.7 Å². The molecule has 2 atom stereocenters. The van der Waals surface area contributed by atoms with E-state index in [9.17, 15) is 9.90 Å². The number of fused-ring (bicyclic) bond motifs is 2. The highest BCUT2D eigenvalue weighted by atomic mass is 35.5. The first-order chi connectivity index (χ1) is 19.9. The third kappa shape index (κ3) is 4.92. The molecule has 2 saturated heterocycles. The number of pyridine rings is 1. The normalized spacial score (nSPS) is 22.6. The lowest BCUT2D eigenvalue weighted by Crippen LogP contribution is -2.35. The van der Waals surface area contributed by atoms with Gasteiger partial charge >= 0.3 is 5.97 Å².